The standard InChI is InChI=1S/C24H29N3O4S/c1-3-31-23(28)16-27-17(2)20(21(15-25)24(27)18-10-11-18)14-19-8-4-5-9-22(19)32(29,30)26-12-6-7-13-26/h4-5,8-9,18H,3,6-7,10-14,16H2,1-2H3. The molecule has 8 heteroatoms. The smallest absolute Gasteiger partial charge is 0.325 e. The van der Waals surface area contributed by atoms with Crippen molar-refractivity contribution in [2.24, 2.45) is 0 Å². The molecule has 1 aromatic carbocycles. The second-order valence-corrected chi connectivity index (χ2v) is 10.4. The number of carbonyl (C=O) groups is 1. The summed E-state index contributed by atoms with van der Waals surface area (Å²) in [5, 5.41) is 10.0. The number of hydrogen-bond donors (Lipinski definition) is 0. The lowest BCUT2D eigenvalue weighted by Gasteiger charge is -2.18. The van der Waals surface area contributed by atoms with Gasteiger partial charge in [0.2, 0.25) is 10.0 Å². The summed E-state index contributed by atoms with van der Waals surface area (Å²) in [4.78, 5) is 12.6. The molecular weight excluding hydrogens is 426 g/mol. The van der Waals surface area contributed by atoms with Gasteiger partial charge in [-0.25, -0.2) is 8.42 Å². The zero-order valence-electron chi connectivity index (χ0n) is 18.6. The first-order valence-corrected chi connectivity index (χ1v) is 12.7. The minimum Gasteiger partial charge on any atom is -0.465 e. The molecule has 0 atom stereocenters. The van der Waals surface area contributed by atoms with Crippen LogP contribution in [-0.4, -0.2) is 43.0 Å². The molecule has 0 unspecified atom stereocenters. The highest BCUT2D eigenvalue weighted by Gasteiger charge is 2.35. The molecule has 1 aliphatic carbocycles. The summed E-state index contributed by atoms with van der Waals surface area (Å²) < 4.78 is 35.2. The summed E-state index contributed by atoms with van der Waals surface area (Å²) >= 11 is 0. The van der Waals surface area contributed by atoms with Crippen LogP contribution in [0.4, 0.5) is 0 Å². The van der Waals surface area contributed by atoms with Crippen LogP contribution in [0, 0.1) is 18.3 Å². The van der Waals surface area contributed by atoms with E-state index in [1.54, 1.807) is 23.4 Å². The number of nitriles is 1. The highest BCUT2D eigenvalue weighted by atomic mass is 32.2. The average molecular weight is 456 g/mol. The molecule has 0 radical (unpaired) electrons. The van der Waals surface area contributed by atoms with Gasteiger partial charge in [-0.2, -0.15) is 9.57 Å². The molecule has 4 rings (SSSR count). The number of benzene rings is 1. The third-order valence-corrected chi connectivity index (χ3v) is 8.38. The zero-order chi connectivity index (χ0) is 22.9. The van der Waals surface area contributed by atoms with Gasteiger partial charge in [-0.3, -0.25) is 4.79 Å². The Morgan fingerprint density at radius 3 is 2.53 bits per heavy atom. The van der Waals surface area contributed by atoms with E-state index in [9.17, 15) is 18.5 Å². The molecule has 0 N–H and O–H groups in total. The number of sulfonamides is 1. The van der Waals surface area contributed by atoms with E-state index in [1.807, 2.05) is 23.6 Å². The van der Waals surface area contributed by atoms with E-state index in [-0.39, 0.29) is 18.4 Å². The monoisotopic (exact) mass is 455 g/mol. The quantitative estimate of drug-likeness (QED) is 0.568. The normalized spacial score (nSPS) is 16.8. The first-order chi connectivity index (χ1) is 15.4. The van der Waals surface area contributed by atoms with E-state index in [1.165, 1.54) is 0 Å². The van der Waals surface area contributed by atoms with E-state index >= 15 is 0 Å². The topological polar surface area (TPSA) is 92.4 Å². The van der Waals surface area contributed by atoms with Crippen LogP contribution in [-0.2, 0) is 32.5 Å². The van der Waals surface area contributed by atoms with E-state index in [4.69, 9.17) is 4.74 Å². The van der Waals surface area contributed by atoms with Crippen molar-refractivity contribution in [2.75, 3.05) is 19.7 Å². The number of aromatic nitrogens is 1. The second-order valence-electron chi connectivity index (χ2n) is 8.50. The lowest BCUT2D eigenvalue weighted by Crippen LogP contribution is -2.28. The zero-order valence-corrected chi connectivity index (χ0v) is 19.5. The molecule has 0 bridgehead atoms. The van der Waals surface area contributed by atoms with E-state index in [0.717, 1.165) is 42.6 Å². The van der Waals surface area contributed by atoms with Crippen LogP contribution in [0.2, 0.25) is 0 Å². The van der Waals surface area contributed by atoms with Crippen LogP contribution in [0.5, 0.6) is 0 Å². The Kier molecular flexibility index (Phi) is 6.40. The first-order valence-electron chi connectivity index (χ1n) is 11.2. The molecule has 32 heavy (non-hydrogen) atoms. The van der Waals surface area contributed by atoms with Gasteiger partial charge < -0.3 is 9.30 Å². The van der Waals surface area contributed by atoms with Gasteiger partial charge >= 0.3 is 5.97 Å². The molecule has 0 amide bonds. The van der Waals surface area contributed by atoms with Crippen LogP contribution in [0.25, 0.3) is 0 Å². The molecule has 1 saturated carbocycles. The molecular formula is C24H29N3O4S. The van der Waals surface area contributed by atoms with Gasteiger partial charge in [-0.05, 0) is 56.7 Å². The van der Waals surface area contributed by atoms with Crippen LogP contribution < -0.4 is 0 Å². The summed E-state index contributed by atoms with van der Waals surface area (Å²) in [6.07, 6.45) is 4.05. The van der Waals surface area contributed by atoms with Gasteiger partial charge in [-0.15, -0.1) is 0 Å². The predicted molar refractivity (Wildman–Crippen MR) is 120 cm³/mol. The summed E-state index contributed by atoms with van der Waals surface area (Å²) in [5.41, 5.74) is 3.75. The number of ether oxygens (including phenoxy) is 1. The van der Waals surface area contributed by atoms with Gasteiger partial charge in [0.05, 0.1) is 17.1 Å². The predicted octanol–water partition coefficient (Wildman–Crippen LogP) is 3.48. The molecule has 0 spiro atoms. The van der Waals surface area contributed by atoms with Crippen molar-refractivity contribution in [2.45, 2.75) is 63.3 Å². The number of esters is 1. The third-order valence-electron chi connectivity index (χ3n) is 6.38. The minimum absolute atomic E-state index is 0.0634. The molecule has 1 aromatic heterocycles. The van der Waals surface area contributed by atoms with Gasteiger partial charge in [0, 0.05) is 36.8 Å². The lowest BCUT2D eigenvalue weighted by molar-refractivity contribution is -0.143. The Morgan fingerprint density at radius 2 is 1.91 bits per heavy atom. The van der Waals surface area contributed by atoms with Crippen molar-refractivity contribution in [1.82, 2.24) is 8.87 Å². The third kappa shape index (κ3) is 4.19. The SMILES string of the molecule is CCOC(=O)Cn1c(C)c(Cc2ccccc2S(=O)(=O)N2CCCC2)c(C#N)c1C1CC1. The van der Waals surface area contributed by atoms with Gasteiger partial charge in [0.15, 0.2) is 0 Å². The molecule has 2 aliphatic rings. The fraction of sp³-hybridized carbons (Fsp3) is 0.500. The molecule has 1 saturated heterocycles. The van der Waals surface area contributed by atoms with Crippen molar-refractivity contribution in [3.05, 3.63) is 52.3 Å². The largest absolute Gasteiger partial charge is 0.465 e. The Balaban J connectivity index is 1.76. The Labute approximate surface area is 189 Å². The van der Waals surface area contributed by atoms with Crippen molar-refractivity contribution < 1.29 is 17.9 Å². The van der Waals surface area contributed by atoms with Crippen LogP contribution in [0.15, 0.2) is 29.2 Å². The van der Waals surface area contributed by atoms with E-state index < -0.39 is 10.0 Å². The summed E-state index contributed by atoms with van der Waals surface area (Å²) in [5.74, 6) is -0.0735. The maximum atomic E-state index is 13.3. The van der Waals surface area contributed by atoms with Gasteiger partial charge in [0.1, 0.15) is 12.6 Å². The Bertz CT molecular complexity index is 1170. The molecule has 2 aromatic rings. The van der Waals surface area contributed by atoms with Crippen LogP contribution >= 0.6 is 0 Å². The summed E-state index contributed by atoms with van der Waals surface area (Å²) in [6.45, 7) is 5.12. The van der Waals surface area contributed by atoms with Crippen molar-refractivity contribution in [3.8, 4) is 6.07 Å². The van der Waals surface area contributed by atoms with Gasteiger partial charge in [0.25, 0.3) is 0 Å². The number of hydrogen-bond acceptors (Lipinski definition) is 5. The Morgan fingerprint density at radius 1 is 1.22 bits per heavy atom. The summed E-state index contributed by atoms with van der Waals surface area (Å²) in [7, 11) is -3.59. The van der Waals surface area contributed by atoms with E-state index in [0.29, 0.717) is 42.1 Å². The highest BCUT2D eigenvalue weighted by Crippen LogP contribution is 2.44. The van der Waals surface area contributed by atoms with E-state index in [2.05, 4.69) is 6.07 Å². The second kappa shape index (κ2) is 9.08. The van der Waals surface area contributed by atoms with Crippen molar-refractivity contribution in [1.29, 1.82) is 5.26 Å². The highest BCUT2D eigenvalue weighted by molar-refractivity contribution is 7.89. The van der Waals surface area contributed by atoms with Gasteiger partial charge in [-0.1, -0.05) is 18.2 Å². The molecule has 1 aliphatic heterocycles. The fourth-order valence-corrected chi connectivity index (χ4v) is 6.37. The van der Waals surface area contributed by atoms with Crippen LogP contribution in [0.3, 0.4) is 0 Å². The Hall–Kier alpha value is -2.63. The average Bonchev–Trinajstić information content (AvgIpc) is 3.37. The van der Waals surface area contributed by atoms with Crippen molar-refractivity contribution in [3.63, 3.8) is 0 Å². The maximum Gasteiger partial charge on any atom is 0.325 e. The number of carbonyl (C=O) groups excluding carboxylic acids is 1. The number of nitrogens with zero attached hydrogens (tertiary/aromatic N) is 3. The lowest BCUT2D eigenvalue weighted by atomic mass is 10.00. The minimum atomic E-state index is -3.59. The molecule has 7 nitrogen and oxygen atoms in total. The molecule has 170 valence electrons. The van der Waals surface area contributed by atoms with Crippen LogP contribution in [0.1, 0.15) is 66.6 Å². The fourth-order valence-electron chi connectivity index (χ4n) is 4.64. The number of rotatable bonds is 8. The van der Waals surface area contributed by atoms with Crippen molar-refractivity contribution >= 4 is 16.0 Å². The molecule has 2 fully saturated rings. The first kappa shape index (κ1) is 22.6. The molecule has 2 heterocycles. The summed E-state index contributed by atoms with van der Waals surface area (Å²) in [6, 6.07) is 9.40. The maximum absolute atomic E-state index is 13.3.